The van der Waals surface area contributed by atoms with Gasteiger partial charge in [-0.3, -0.25) is 9.59 Å². The van der Waals surface area contributed by atoms with Crippen LogP contribution in [0.2, 0.25) is 0 Å². The van der Waals surface area contributed by atoms with Crippen LogP contribution in [0.15, 0.2) is 0 Å². The summed E-state index contributed by atoms with van der Waals surface area (Å²) in [6.45, 7) is 0. The number of hydrogen-bond acceptors (Lipinski definition) is 7. The Morgan fingerprint density at radius 1 is 1.18 bits per heavy atom. The molecular weight excluding hydrogens is 266 g/mol. The summed E-state index contributed by atoms with van der Waals surface area (Å²) in [7, 11) is -2.46. The molecule has 0 aromatic heterocycles. The monoisotopic (exact) mass is 276 g/mol. The number of carbonyl (C=O) groups excluding carboxylic acids is 1. The standard InChI is InChI=1S/C6H9BO9.K.H/c8-3(9)1-6(13,5(11)12)2-4(10)16-7(14)15;;/h13-15H,1-2H2,(H,8,9)(H,11,12);;/q;+1;-1. The van der Waals surface area contributed by atoms with Crippen molar-refractivity contribution in [1.82, 2.24) is 0 Å². The summed E-state index contributed by atoms with van der Waals surface area (Å²) in [6, 6.07) is 0. The molecule has 0 fully saturated rings. The first-order valence-corrected chi connectivity index (χ1v) is 3.90. The van der Waals surface area contributed by atoms with Gasteiger partial charge in [0.1, 0.15) is 0 Å². The molecule has 0 amide bonds. The van der Waals surface area contributed by atoms with E-state index in [1.165, 1.54) is 0 Å². The van der Waals surface area contributed by atoms with Crippen molar-refractivity contribution in [2.75, 3.05) is 0 Å². The molecule has 0 aromatic carbocycles. The smallest absolute Gasteiger partial charge is 1.00 e. The molecule has 0 rings (SSSR count). The van der Waals surface area contributed by atoms with Crippen molar-refractivity contribution >= 4 is 25.2 Å². The predicted molar refractivity (Wildman–Crippen MR) is 46.9 cm³/mol. The minimum absolute atomic E-state index is 0. The molecule has 0 saturated carbocycles. The van der Waals surface area contributed by atoms with Crippen LogP contribution in [0, 0.1) is 0 Å². The number of hydrogen-bond donors (Lipinski definition) is 5. The molecule has 0 aromatic rings. The van der Waals surface area contributed by atoms with Gasteiger partial charge in [-0.15, -0.1) is 0 Å². The molecule has 0 spiro atoms. The first-order chi connectivity index (χ1) is 7.17. The van der Waals surface area contributed by atoms with Crippen LogP contribution in [0.4, 0.5) is 0 Å². The number of aliphatic hydroxyl groups is 1. The zero-order valence-corrected chi connectivity index (χ0v) is 12.0. The van der Waals surface area contributed by atoms with Crippen LogP contribution in [0.1, 0.15) is 14.3 Å². The molecule has 0 bridgehead atoms. The third-order valence-corrected chi connectivity index (χ3v) is 1.52. The van der Waals surface area contributed by atoms with Gasteiger partial charge < -0.3 is 31.4 Å². The molecule has 0 radical (unpaired) electrons. The maximum atomic E-state index is 10.8. The van der Waals surface area contributed by atoms with Gasteiger partial charge in [-0.1, -0.05) is 0 Å². The van der Waals surface area contributed by atoms with Crippen molar-refractivity contribution in [1.29, 1.82) is 0 Å². The van der Waals surface area contributed by atoms with Crippen LogP contribution in [0.5, 0.6) is 0 Å². The number of carboxylic acids is 2. The summed E-state index contributed by atoms with van der Waals surface area (Å²) in [5, 5.41) is 42.5. The minimum Gasteiger partial charge on any atom is -1.00 e. The van der Waals surface area contributed by atoms with Crippen LogP contribution in [-0.4, -0.2) is 56.2 Å². The van der Waals surface area contributed by atoms with E-state index in [2.05, 4.69) is 4.65 Å². The van der Waals surface area contributed by atoms with Gasteiger partial charge in [0.05, 0.1) is 12.8 Å². The van der Waals surface area contributed by atoms with Gasteiger partial charge in [-0.05, 0) is 0 Å². The normalized spacial score (nSPS) is 12.9. The van der Waals surface area contributed by atoms with Crippen LogP contribution >= 0.6 is 0 Å². The molecule has 0 saturated heterocycles. The summed E-state index contributed by atoms with van der Waals surface area (Å²) in [5.74, 6) is -5.03. The van der Waals surface area contributed by atoms with Crippen molar-refractivity contribution in [3.8, 4) is 0 Å². The van der Waals surface area contributed by atoms with Crippen molar-refractivity contribution in [3.63, 3.8) is 0 Å². The van der Waals surface area contributed by atoms with E-state index < -0.39 is 43.7 Å². The SMILES string of the molecule is O=C(O)CC(O)(CC(=O)OB(O)O)C(=O)O.[H-].[K+]. The predicted octanol–water partition coefficient (Wildman–Crippen LogP) is -5.70. The zero-order chi connectivity index (χ0) is 12.9. The second kappa shape index (κ2) is 8.16. The molecule has 0 aliphatic rings. The second-order valence-electron chi connectivity index (χ2n) is 2.90. The average molecular weight is 276 g/mol. The van der Waals surface area contributed by atoms with Crippen molar-refractivity contribution in [3.05, 3.63) is 0 Å². The van der Waals surface area contributed by atoms with E-state index in [0.717, 1.165) is 0 Å². The third-order valence-electron chi connectivity index (χ3n) is 1.52. The van der Waals surface area contributed by atoms with E-state index in [9.17, 15) is 19.5 Å². The van der Waals surface area contributed by atoms with Crippen molar-refractivity contribution in [2.24, 2.45) is 0 Å². The van der Waals surface area contributed by atoms with Gasteiger partial charge in [0.15, 0.2) is 5.60 Å². The van der Waals surface area contributed by atoms with Gasteiger partial charge in [-0.25, -0.2) is 4.79 Å². The Morgan fingerprint density at radius 3 is 1.94 bits per heavy atom. The van der Waals surface area contributed by atoms with Gasteiger partial charge in [0.2, 0.25) is 0 Å². The van der Waals surface area contributed by atoms with Crippen LogP contribution in [0.3, 0.4) is 0 Å². The second-order valence-corrected chi connectivity index (χ2v) is 2.90. The maximum Gasteiger partial charge on any atom is 1.00 e. The van der Waals surface area contributed by atoms with E-state index in [0.29, 0.717) is 0 Å². The third kappa shape index (κ3) is 7.83. The molecule has 1 unspecified atom stereocenters. The Hall–Kier alpha value is -0.00870. The Morgan fingerprint density at radius 2 is 1.65 bits per heavy atom. The Bertz CT molecular complexity index is 311. The largest absolute Gasteiger partial charge is 1.00 e. The molecule has 0 heterocycles. The van der Waals surface area contributed by atoms with Gasteiger partial charge in [0, 0.05) is 0 Å². The molecule has 1 atom stereocenters. The summed E-state index contributed by atoms with van der Waals surface area (Å²) in [5.41, 5.74) is -2.85. The number of rotatable bonds is 6. The van der Waals surface area contributed by atoms with E-state index in [-0.39, 0.29) is 52.8 Å². The summed E-state index contributed by atoms with van der Waals surface area (Å²) < 4.78 is 3.73. The first kappa shape index (κ1) is 19.3. The number of aliphatic carboxylic acids is 2. The van der Waals surface area contributed by atoms with Gasteiger partial charge in [0.25, 0.3) is 5.97 Å². The Labute approximate surface area is 139 Å². The van der Waals surface area contributed by atoms with E-state index in [1.807, 2.05) is 0 Å². The molecule has 5 N–H and O–H groups in total. The molecule has 9 nitrogen and oxygen atoms in total. The molecule has 17 heavy (non-hydrogen) atoms. The molecule has 0 aliphatic carbocycles. The quantitative estimate of drug-likeness (QED) is 0.297. The van der Waals surface area contributed by atoms with Crippen LogP contribution in [0.25, 0.3) is 0 Å². The summed E-state index contributed by atoms with van der Waals surface area (Å²) in [4.78, 5) is 31.6. The van der Waals surface area contributed by atoms with Gasteiger partial charge >= 0.3 is 70.6 Å². The average Bonchev–Trinajstić information content (AvgIpc) is 1.98. The first-order valence-electron chi connectivity index (χ1n) is 3.90. The number of carbonyl (C=O) groups is 3. The molecular formula is C6H10BKO9. The van der Waals surface area contributed by atoms with Crippen LogP contribution < -0.4 is 51.4 Å². The number of carboxylic acid groups (broad SMARTS) is 2. The van der Waals surface area contributed by atoms with E-state index in [1.54, 1.807) is 0 Å². The fraction of sp³-hybridized carbons (Fsp3) is 0.500. The Kier molecular flexibility index (Phi) is 9.28. The summed E-state index contributed by atoms with van der Waals surface area (Å²) >= 11 is 0. The Balaban J connectivity index is -0.00000112. The van der Waals surface area contributed by atoms with E-state index >= 15 is 0 Å². The van der Waals surface area contributed by atoms with Crippen molar-refractivity contribution < 1.29 is 97.2 Å². The van der Waals surface area contributed by atoms with Crippen LogP contribution in [-0.2, 0) is 19.0 Å². The minimum atomic E-state index is -2.85. The molecule has 0 aliphatic heterocycles. The van der Waals surface area contributed by atoms with Gasteiger partial charge in [-0.2, -0.15) is 0 Å². The molecule has 92 valence electrons. The fourth-order valence-corrected chi connectivity index (χ4v) is 0.862. The topological polar surface area (TPSA) is 162 Å². The van der Waals surface area contributed by atoms with Crippen molar-refractivity contribution in [2.45, 2.75) is 18.4 Å². The zero-order valence-electron chi connectivity index (χ0n) is 9.86. The van der Waals surface area contributed by atoms with E-state index in [4.69, 9.17) is 20.3 Å². The fourth-order valence-electron chi connectivity index (χ4n) is 0.862. The maximum absolute atomic E-state index is 10.8. The molecule has 11 heteroatoms. The summed E-state index contributed by atoms with van der Waals surface area (Å²) in [6.07, 6.45) is -2.44.